The van der Waals surface area contributed by atoms with E-state index in [1.165, 1.54) is 0 Å². The minimum absolute atomic E-state index is 0.0645. The number of nitrogens with one attached hydrogen (secondary N) is 3. The molecule has 0 spiro atoms. The van der Waals surface area contributed by atoms with Crippen molar-refractivity contribution < 1.29 is 9.63 Å². The summed E-state index contributed by atoms with van der Waals surface area (Å²) in [5.74, 6) is 0.779. The SMILES string of the molecule is O=C(NC1CCCN(CC2=NCON2)C1)c1ccc2[nH]nc(-c3ccncc3)c2c1. The molecule has 9 heteroatoms. The second-order valence-corrected chi connectivity index (χ2v) is 7.60. The molecule has 0 radical (unpaired) electrons. The molecule has 5 rings (SSSR count). The molecule has 3 N–H and O–H groups in total. The molecule has 2 aliphatic heterocycles. The van der Waals surface area contributed by atoms with E-state index in [0.717, 1.165) is 53.9 Å². The van der Waals surface area contributed by atoms with E-state index in [1.54, 1.807) is 12.4 Å². The zero-order chi connectivity index (χ0) is 20.3. The number of carbonyl (C=O) groups is 1. The van der Waals surface area contributed by atoms with Crippen molar-refractivity contribution in [1.29, 1.82) is 0 Å². The van der Waals surface area contributed by atoms with Crippen LogP contribution >= 0.6 is 0 Å². The lowest BCUT2D eigenvalue weighted by Crippen LogP contribution is -2.49. The highest BCUT2D eigenvalue weighted by molar-refractivity contribution is 6.01. The zero-order valence-corrected chi connectivity index (χ0v) is 16.5. The number of aliphatic imine (C=N–C) groups is 1. The van der Waals surface area contributed by atoms with Crippen molar-refractivity contribution in [2.75, 3.05) is 26.4 Å². The Kier molecular flexibility index (Phi) is 5.12. The van der Waals surface area contributed by atoms with Gasteiger partial charge in [-0.15, -0.1) is 0 Å². The third-order valence-corrected chi connectivity index (χ3v) is 5.50. The van der Waals surface area contributed by atoms with Crippen LogP contribution in [0.25, 0.3) is 22.2 Å². The summed E-state index contributed by atoms with van der Waals surface area (Å²) < 4.78 is 0. The fraction of sp³-hybridized carbons (Fsp3) is 0.333. The summed E-state index contributed by atoms with van der Waals surface area (Å²) in [6.45, 7) is 2.86. The van der Waals surface area contributed by atoms with Crippen molar-refractivity contribution >= 4 is 22.6 Å². The molecule has 9 nitrogen and oxygen atoms in total. The first-order valence-electron chi connectivity index (χ1n) is 10.1. The van der Waals surface area contributed by atoms with Gasteiger partial charge in [0.1, 0.15) is 11.5 Å². The predicted molar refractivity (Wildman–Crippen MR) is 113 cm³/mol. The number of fused-ring (bicyclic) bond motifs is 1. The first kappa shape index (κ1) is 18.7. The van der Waals surface area contributed by atoms with Crippen molar-refractivity contribution in [1.82, 2.24) is 30.9 Å². The lowest BCUT2D eigenvalue weighted by molar-refractivity contribution is 0.0906. The molecule has 0 aliphatic carbocycles. The highest BCUT2D eigenvalue weighted by Gasteiger charge is 2.24. The predicted octanol–water partition coefficient (Wildman–Crippen LogP) is 1.71. The molecule has 4 heterocycles. The summed E-state index contributed by atoms with van der Waals surface area (Å²) in [5.41, 5.74) is 6.14. The Hall–Kier alpha value is -3.30. The van der Waals surface area contributed by atoms with Crippen LogP contribution in [0.3, 0.4) is 0 Å². The second-order valence-electron chi connectivity index (χ2n) is 7.60. The van der Waals surface area contributed by atoms with Gasteiger partial charge in [-0.05, 0) is 49.7 Å². The Morgan fingerprint density at radius 1 is 1.27 bits per heavy atom. The fourth-order valence-corrected chi connectivity index (χ4v) is 4.02. The van der Waals surface area contributed by atoms with E-state index in [-0.39, 0.29) is 11.9 Å². The number of piperidine rings is 1. The van der Waals surface area contributed by atoms with Gasteiger partial charge in [0.2, 0.25) is 0 Å². The van der Waals surface area contributed by atoms with Crippen LogP contribution in [0.1, 0.15) is 23.2 Å². The zero-order valence-electron chi connectivity index (χ0n) is 16.5. The van der Waals surface area contributed by atoms with Gasteiger partial charge in [0.15, 0.2) is 6.73 Å². The molecule has 1 amide bonds. The average molecular weight is 405 g/mol. The number of amidine groups is 1. The van der Waals surface area contributed by atoms with E-state index in [0.29, 0.717) is 18.8 Å². The molecule has 1 atom stereocenters. The molecule has 3 aromatic rings. The standard InChI is InChI=1S/C21H23N7O2/c29-21(24-16-2-1-9-28(11-16)12-19-23-13-30-27-19)15-3-4-18-17(10-15)20(26-25-18)14-5-7-22-8-6-14/h3-8,10,16H,1-2,9,11-13H2,(H,23,27)(H,24,29)(H,25,26). The van der Waals surface area contributed by atoms with Crippen LogP contribution in [0.5, 0.6) is 0 Å². The summed E-state index contributed by atoms with van der Waals surface area (Å²) in [4.78, 5) is 28.6. The number of likely N-dealkylation sites (tertiary alicyclic amines) is 1. The number of carbonyl (C=O) groups excluding carboxylic acids is 1. The molecule has 2 aromatic heterocycles. The maximum atomic E-state index is 13.0. The number of pyridine rings is 1. The van der Waals surface area contributed by atoms with Gasteiger partial charge in [-0.2, -0.15) is 5.10 Å². The van der Waals surface area contributed by atoms with E-state index in [1.807, 2.05) is 30.3 Å². The summed E-state index contributed by atoms with van der Waals surface area (Å²) in [6.07, 6.45) is 5.47. The van der Waals surface area contributed by atoms with E-state index in [2.05, 4.69) is 35.9 Å². The lowest BCUT2D eigenvalue weighted by atomic mass is 10.0. The van der Waals surface area contributed by atoms with Gasteiger partial charge < -0.3 is 5.32 Å². The summed E-state index contributed by atoms with van der Waals surface area (Å²) >= 11 is 0. The number of aromatic nitrogens is 3. The molecule has 1 fully saturated rings. The maximum absolute atomic E-state index is 13.0. The Morgan fingerprint density at radius 2 is 2.17 bits per heavy atom. The van der Waals surface area contributed by atoms with E-state index >= 15 is 0 Å². The Bertz CT molecular complexity index is 1080. The number of hydrogen-bond donors (Lipinski definition) is 3. The summed E-state index contributed by atoms with van der Waals surface area (Å²) in [5, 5.41) is 11.6. The largest absolute Gasteiger partial charge is 0.348 e. The third kappa shape index (κ3) is 3.89. The topological polar surface area (TPSA) is 108 Å². The molecule has 2 aliphatic rings. The van der Waals surface area contributed by atoms with Gasteiger partial charge in [-0.1, -0.05) is 0 Å². The van der Waals surface area contributed by atoms with E-state index in [4.69, 9.17) is 4.84 Å². The van der Waals surface area contributed by atoms with Crippen LogP contribution < -0.4 is 10.8 Å². The number of rotatable bonds is 5. The molecular weight excluding hydrogens is 382 g/mol. The van der Waals surface area contributed by atoms with Crippen molar-refractivity contribution in [3.63, 3.8) is 0 Å². The minimum atomic E-state index is -0.0645. The Balaban J connectivity index is 1.30. The highest BCUT2D eigenvalue weighted by atomic mass is 16.7. The van der Waals surface area contributed by atoms with Crippen molar-refractivity contribution in [2.24, 2.45) is 4.99 Å². The quantitative estimate of drug-likeness (QED) is 0.597. The van der Waals surface area contributed by atoms with Gasteiger partial charge in [0.25, 0.3) is 5.91 Å². The number of aromatic amines is 1. The lowest BCUT2D eigenvalue weighted by Gasteiger charge is -2.32. The molecule has 1 aromatic carbocycles. The maximum Gasteiger partial charge on any atom is 0.251 e. The number of benzene rings is 1. The summed E-state index contributed by atoms with van der Waals surface area (Å²) in [7, 11) is 0. The van der Waals surface area contributed by atoms with Gasteiger partial charge in [-0.25, -0.2) is 10.5 Å². The number of hydroxylamine groups is 1. The first-order valence-corrected chi connectivity index (χ1v) is 10.1. The minimum Gasteiger partial charge on any atom is -0.348 e. The van der Waals surface area contributed by atoms with Crippen molar-refractivity contribution in [3.8, 4) is 11.3 Å². The monoisotopic (exact) mass is 405 g/mol. The normalized spacial score (nSPS) is 19.5. The van der Waals surface area contributed by atoms with E-state index < -0.39 is 0 Å². The van der Waals surface area contributed by atoms with Gasteiger partial charge in [-0.3, -0.25) is 24.6 Å². The molecule has 1 unspecified atom stereocenters. The molecular formula is C21H23N7O2. The molecule has 0 saturated carbocycles. The molecule has 154 valence electrons. The van der Waals surface area contributed by atoms with Gasteiger partial charge >= 0.3 is 0 Å². The number of hydrogen-bond acceptors (Lipinski definition) is 7. The highest BCUT2D eigenvalue weighted by Crippen LogP contribution is 2.26. The number of nitrogens with zero attached hydrogens (tertiary/aromatic N) is 4. The molecule has 30 heavy (non-hydrogen) atoms. The van der Waals surface area contributed by atoms with Gasteiger partial charge in [0, 0.05) is 41.5 Å². The van der Waals surface area contributed by atoms with Crippen LogP contribution in [0.15, 0.2) is 47.7 Å². The smallest absolute Gasteiger partial charge is 0.251 e. The number of H-pyrrole nitrogens is 1. The van der Waals surface area contributed by atoms with Crippen LogP contribution in [0.2, 0.25) is 0 Å². The average Bonchev–Trinajstić information content (AvgIpc) is 3.44. The van der Waals surface area contributed by atoms with Crippen LogP contribution in [0.4, 0.5) is 0 Å². The molecule has 1 saturated heterocycles. The Labute approximate surface area is 173 Å². The molecule has 0 bridgehead atoms. The van der Waals surface area contributed by atoms with Crippen LogP contribution in [-0.4, -0.2) is 64.2 Å². The summed E-state index contributed by atoms with van der Waals surface area (Å²) in [6, 6.07) is 9.56. The Morgan fingerprint density at radius 3 is 3.00 bits per heavy atom. The fourth-order valence-electron chi connectivity index (χ4n) is 4.02. The van der Waals surface area contributed by atoms with Crippen molar-refractivity contribution in [2.45, 2.75) is 18.9 Å². The van der Waals surface area contributed by atoms with Gasteiger partial charge in [0.05, 0.1) is 12.1 Å². The second kappa shape index (κ2) is 8.21. The van der Waals surface area contributed by atoms with E-state index in [9.17, 15) is 4.79 Å². The van der Waals surface area contributed by atoms with Crippen molar-refractivity contribution in [3.05, 3.63) is 48.3 Å². The van der Waals surface area contributed by atoms with Crippen LogP contribution in [0, 0.1) is 0 Å². The van der Waals surface area contributed by atoms with Crippen LogP contribution in [-0.2, 0) is 4.84 Å². The third-order valence-electron chi connectivity index (χ3n) is 5.50. The first-order chi connectivity index (χ1) is 14.8. The number of amides is 1.